The summed E-state index contributed by atoms with van der Waals surface area (Å²) in [6.07, 6.45) is 1.99. The maximum absolute atomic E-state index is 12.2. The summed E-state index contributed by atoms with van der Waals surface area (Å²) in [5.74, 6) is 1.21. The zero-order valence-electron chi connectivity index (χ0n) is 17.6. The number of carbonyl (C=O) groups excluding carboxylic acids is 2. The van der Waals surface area contributed by atoms with E-state index in [4.69, 9.17) is 4.74 Å². The van der Waals surface area contributed by atoms with Crippen LogP contribution in [0.2, 0.25) is 0 Å². The Morgan fingerprint density at radius 2 is 1.45 bits per heavy atom. The van der Waals surface area contributed by atoms with E-state index in [1.807, 2.05) is 54.6 Å². The molecular formula is C25H27N3O3. The van der Waals surface area contributed by atoms with Crippen molar-refractivity contribution in [3.05, 3.63) is 84.4 Å². The number of amides is 2. The van der Waals surface area contributed by atoms with Gasteiger partial charge in [-0.05, 0) is 67.1 Å². The number of hydrogen-bond donors (Lipinski definition) is 3. The topological polar surface area (TPSA) is 79.5 Å². The van der Waals surface area contributed by atoms with Crippen molar-refractivity contribution in [2.75, 3.05) is 23.7 Å². The van der Waals surface area contributed by atoms with E-state index in [1.54, 1.807) is 24.3 Å². The van der Waals surface area contributed by atoms with Gasteiger partial charge in [0.15, 0.2) is 0 Å². The molecule has 0 aromatic heterocycles. The Kier molecular flexibility index (Phi) is 8.05. The minimum atomic E-state index is -0.176. The second-order valence-electron chi connectivity index (χ2n) is 7.03. The van der Waals surface area contributed by atoms with Crippen molar-refractivity contribution < 1.29 is 14.3 Å². The quantitative estimate of drug-likeness (QED) is 0.403. The highest BCUT2D eigenvalue weighted by Crippen LogP contribution is 2.22. The number of para-hydroxylation sites is 1. The monoisotopic (exact) mass is 417 g/mol. The number of ether oxygens (including phenoxy) is 1. The SMILES string of the molecule is CCCCNC(=O)c1ccc(NC(=O)CNc2ccc(Oc3ccccc3)cc2)cc1. The highest BCUT2D eigenvalue weighted by Gasteiger charge is 2.06. The van der Waals surface area contributed by atoms with Gasteiger partial charge in [0.05, 0.1) is 6.54 Å². The molecule has 0 atom stereocenters. The van der Waals surface area contributed by atoms with Crippen LogP contribution in [0.25, 0.3) is 0 Å². The van der Waals surface area contributed by atoms with Crippen LogP contribution in [0, 0.1) is 0 Å². The van der Waals surface area contributed by atoms with Crippen LogP contribution in [0.15, 0.2) is 78.9 Å². The third kappa shape index (κ3) is 7.19. The molecule has 0 saturated heterocycles. The average Bonchev–Trinajstić information content (AvgIpc) is 2.80. The third-order valence-corrected chi connectivity index (χ3v) is 4.53. The van der Waals surface area contributed by atoms with Gasteiger partial charge in [-0.2, -0.15) is 0 Å². The van der Waals surface area contributed by atoms with Gasteiger partial charge in [0.2, 0.25) is 5.91 Å². The number of hydrogen-bond acceptors (Lipinski definition) is 4. The first-order valence-corrected chi connectivity index (χ1v) is 10.4. The lowest BCUT2D eigenvalue weighted by atomic mass is 10.2. The Morgan fingerprint density at radius 1 is 0.806 bits per heavy atom. The smallest absolute Gasteiger partial charge is 0.251 e. The van der Waals surface area contributed by atoms with Gasteiger partial charge in [-0.1, -0.05) is 31.5 Å². The number of benzene rings is 3. The molecule has 3 rings (SSSR count). The second-order valence-corrected chi connectivity index (χ2v) is 7.03. The normalized spacial score (nSPS) is 10.2. The maximum Gasteiger partial charge on any atom is 0.251 e. The molecule has 160 valence electrons. The molecule has 0 aliphatic heterocycles. The van der Waals surface area contributed by atoms with Crippen LogP contribution in [0.3, 0.4) is 0 Å². The second kappa shape index (κ2) is 11.4. The summed E-state index contributed by atoms with van der Waals surface area (Å²) < 4.78 is 5.76. The average molecular weight is 418 g/mol. The molecule has 31 heavy (non-hydrogen) atoms. The number of anilines is 2. The van der Waals surface area contributed by atoms with Crippen molar-refractivity contribution in [1.29, 1.82) is 0 Å². The highest BCUT2D eigenvalue weighted by atomic mass is 16.5. The van der Waals surface area contributed by atoms with Gasteiger partial charge in [0, 0.05) is 23.5 Å². The minimum absolute atomic E-state index is 0.104. The van der Waals surface area contributed by atoms with Crippen molar-refractivity contribution in [3.63, 3.8) is 0 Å². The van der Waals surface area contributed by atoms with E-state index in [0.717, 1.165) is 30.0 Å². The molecule has 0 heterocycles. The zero-order valence-corrected chi connectivity index (χ0v) is 17.6. The Morgan fingerprint density at radius 3 is 2.13 bits per heavy atom. The molecule has 3 aromatic rings. The van der Waals surface area contributed by atoms with Crippen LogP contribution in [0.5, 0.6) is 11.5 Å². The zero-order chi connectivity index (χ0) is 21.9. The fourth-order valence-electron chi connectivity index (χ4n) is 2.84. The molecule has 3 aromatic carbocycles. The number of unbranched alkanes of at least 4 members (excludes halogenated alkanes) is 1. The van der Waals surface area contributed by atoms with Crippen LogP contribution in [-0.2, 0) is 4.79 Å². The maximum atomic E-state index is 12.2. The summed E-state index contributed by atoms with van der Waals surface area (Å²) >= 11 is 0. The van der Waals surface area contributed by atoms with Crippen molar-refractivity contribution in [2.24, 2.45) is 0 Å². The Labute approximate surface area is 182 Å². The van der Waals surface area contributed by atoms with Gasteiger partial charge in [-0.3, -0.25) is 9.59 Å². The summed E-state index contributed by atoms with van der Waals surface area (Å²) in [7, 11) is 0. The molecule has 6 nitrogen and oxygen atoms in total. The van der Waals surface area contributed by atoms with E-state index in [-0.39, 0.29) is 18.4 Å². The van der Waals surface area contributed by atoms with E-state index in [1.165, 1.54) is 0 Å². The molecular weight excluding hydrogens is 390 g/mol. The van der Waals surface area contributed by atoms with Crippen molar-refractivity contribution in [1.82, 2.24) is 5.32 Å². The van der Waals surface area contributed by atoms with Crippen LogP contribution in [-0.4, -0.2) is 24.9 Å². The van der Waals surface area contributed by atoms with E-state index in [0.29, 0.717) is 17.8 Å². The molecule has 6 heteroatoms. The van der Waals surface area contributed by atoms with Crippen LogP contribution in [0.1, 0.15) is 30.1 Å². The predicted octanol–water partition coefficient (Wildman–Crippen LogP) is 5.06. The molecule has 0 unspecified atom stereocenters. The third-order valence-electron chi connectivity index (χ3n) is 4.53. The summed E-state index contributed by atoms with van der Waals surface area (Å²) in [6, 6.07) is 23.8. The minimum Gasteiger partial charge on any atom is -0.457 e. The molecule has 0 aliphatic carbocycles. The first kappa shape index (κ1) is 21.9. The fourth-order valence-corrected chi connectivity index (χ4v) is 2.84. The Hall–Kier alpha value is -3.80. The number of nitrogens with one attached hydrogen (secondary N) is 3. The van der Waals surface area contributed by atoms with E-state index in [2.05, 4.69) is 22.9 Å². The largest absolute Gasteiger partial charge is 0.457 e. The van der Waals surface area contributed by atoms with Gasteiger partial charge in [-0.25, -0.2) is 0 Å². The summed E-state index contributed by atoms with van der Waals surface area (Å²) in [6.45, 7) is 2.87. The molecule has 3 N–H and O–H groups in total. The first-order chi connectivity index (χ1) is 15.1. The number of carbonyl (C=O) groups is 2. The molecule has 0 spiro atoms. The summed E-state index contributed by atoms with van der Waals surface area (Å²) in [4.78, 5) is 24.2. The van der Waals surface area contributed by atoms with Crippen LogP contribution in [0.4, 0.5) is 11.4 Å². The summed E-state index contributed by atoms with van der Waals surface area (Å²) in [5.41, 5.74) is 2.03. The standard InChI is InChI=1S/C25H27N3O3/c1-2-3-17-26-25(30)19-9-11-21(12-10-19)28-24(29)18-27-20-13-15-23(16-14-20)31-22-7-5-4-6-8-22/h4-16,27H,2-3,17-18H2,1H3,(H,26,30)(H,28,29). The lowest BCUT2D eigenvalue weighted by Gasteiger charge is -2.10. The predicted molar refractivity (Wildman–Crippen MR) is 124 cm³/mol. The van der Waals surface area contributed by atoms with E-state index >= 15 is 0 Å². The Bertz CT molecular complexity index is 971. The molecule has 0 aliphatic rings. The number of rotatable bonds is 10. The lowest BCUT2D eigenvalue weighted by Crippen LogP contribution is -2.24. The molecule has 0 radical (unpaired) electrons. The van der Waals surface area contributed by atoms with Gasteiger partial charge >= 0.3 is 0 Å². The molecule has 0 bridgehead atoms. The molecule has 0 fully saturated rings. The van der Waals surface area contributed by atoms with E-state index in [9.17, 15) is 9.59 Å². The van der Waals surface area contributed by atoms with Gasteiger partial charge in [0.1, 0.15) is 11.5 Å². The fraction of sp³-hybridized carbons (Fsp3) is 0.200. The summed E-state index contributed by atoms with van der Waals surface area (Å²) in [5, 5.41) is 8.77. The molecule has 2 amide bonds. The van der Waals surface area contributed by atoms with E-state index < -0.39 is 0 Å². The van der Waals surface area contributed by atoms with Crippen molar-refractivity contribution >= 4 is 23.2 Å². The van der Waals surface area contributed by atoms with Crippen LogP contribution >= 0.6 is 0 Å². The van der Waals surface area contributed by atoms with Crippen molar-refractivity contribution in [3.8, 4) is 11.5 Å². The lowest BCUT2D eigenvalue weighted by molar-refractivity contribution is -0.114. The van der Waals surface area contributed by atoms with Gasteiger partial charge in [-0.15, -0.1) is 0 Å². The van der Waals surface area contributed by atoms with Crippen LogP contribution < -0.4 is 20.7 Å². The first-order valence-electron chi connectivity index (χ1n) is 10.4. The van der Waals surface area contributed by atoms with Gasteiger partial charge < -0.3 is 20.7 Å². The van der Waals surface area contributed by atoms with Crippen molar-refractivity contribution in [2.45, 2.75) is 19.8 Å². The molecule has 0 saturated carbocycles. The Balaban J connectivity index is 1.44. The van der Waals surface area contributed by atoms with Gasteiger partial charge in [0.25, 0.3) is 5.91 Å². The highest BCUT2D eigenvalue weighted by molar-refractivity contribution is 5.96.